The van der Waals surface area contributed by atoms with Gasteiger partial charge in [0, 0.05) is 16.7 Å². The highest BCUT2D eigenvalue weighted by Gasteiger charge is 2.19. The Hall–Kier alpha value is -1.82. The third kappa shape index (κ3) is 2.81. The van der Waals surface area contributed by atoms with E-state index in [1.54, 1.807) is 0 Å². The first-order chi connectivity index (χ1) is 7.16. The number of azide groups is 1. The molecule has 0 fully saturated rings. The molecule has 0 radical (unpaired) electrons. The topological polar surface area (TPSA) is 128 Å². The van der Waals surface area contributed by atoms with Crippen LogP contribution in [0.25, 0.3) is 10.4 Å². The molecule has 0 aromatic carbocycles. The number of nitrogens with zero attached hydrogens (tertiary/aromatic N) is 4. The highest BCUT2D eigenvalue weighted by molar-refractivity contribution is 5.45. The van der Waals surface area contributed by atoms with E-state index >= 15 is 0 Å². The van der Waals surface area contributed by atoms with Crippen LogP contribution in [0, 0.1) is 0 Å². The predicted molar refractivity (Wildman–Crippen MR) is 53.6 cm³/mol. The second-order valence-electron chi connectivity index (χ2n) is 2.93. The summed E-state index contributed by atoms with van der Waals surface area (Å²) >= 11 is 0. The number of aromatic nitrogens is 1. The van der Waals surface area contributed by atoms with Gasteiger partial charge in [-0.2, -0.15) is 0 Å². The average Bonchev–Trinajstić information content (AvgIpc) is 2.25. The van der Waals surface area contributed by atoms with E-state index in [9.17, 15) is 10.2 Å². The van der Waals surface area contributed by atoms with Gasteiger partial charge in [0.1, 0.15) is 6.10 Å². The number of aliphatic hydroxyl groups is 2. The first-order valence-electron chi connectivity index (χ1n) is 4.23. The summed E-state index contributed by atoms with van der Waals surface area (Å²) in [4.78, 5) is 6.23. The van der Waals surface area contributed by atoms with E-state index in [-0.39, 0.29) is 12.2 Å². The zero-order valence-electron chi connectivity index (χ0n) is 7.85. The van der Waals surface area contributed by atoms with Gasteiger partial charge in [-0.3, -0.25) is 4.98 Å². The maximum atomic E-state index is 9.66. The lowest BCUT2D eigenvalue weighted by atomic mass is 10.0. The fourth-order valence-electron chi connectivity index (χ4n) is 1.11. The average molecular weight is 209 g/mol. The van der Waals surface area contributed by atoms with Crippen molar-refractivity contribution in [2.24, 2.45) is 5.11 Å². The second-order valence-corrected chi connectivity index (χ2v) is 2.93. The van der Waals surface area contributed by atoms with Gasteiger partial charge < -0.3 is 15.9 Å². The molecule has 0 aliphatic heterocycles. The number of pyridine rings is 1. The fraction of sp³-hybridized carbons (Fsp3) is 0.375. The van der Waals surface area contributed by atoms with Gasteiger partial charge in [-0.1, -0.05) is 5.11 Å². The first-order valence-corrected chi connectivity index (χ1v) is 4.23. The second kappa shape index (κ2) is 5.16. The van der Waals surface area contributed by atoms with Gasteiger partial charge in [-0.05, 0) is 11.6 Å². The number of hydrogen-bond donors (Lipinski definition) is 3. The Labute approximate surface area is 85.8 Å². The van der Waals surface area contributed by atoms with Crippen LogP contribution < -0.4 is 5.73 Å². The molecule has 0 spiro atoms. The van der Waals surface area contributed by atoms with Gasteiger partial charge in [-0.25, -0.2) is 0 Å². The molecule has 0 bridgehead atoms. The minimum Gasteiger partial charge on any atom is -0.397 e. The van der Waals surface area contributed by atoms with Crippen LogP contribution in [0.5, 0.6) is 0 Å². The van der Waals surface area contributed by atoms with Gasteiger partial charge >= 0.3 is 0 Å². The summed E-state index contributed by atoms with van der Waals surface area (Å²) in [5.74, 6) is 0. The van der Waals surface area contributed by atoms with Crippen molar-refractivity contribution in [1.29, 1.82) is 0 Å². The molecule has 0 amide bonds. The molecule has 0 saturated carbocycles. The minimum absolute atomic E-state index is 0.209. The molecule has 15 heavy (non-hydrogen) atoms. The van der Waals surface area contributed by atoms with E-state index in [1.165, 1.54) is 18.5 Å². The largest absolute Gasteiger partial charge is 0.397 e. The number of aliphatic hydroxyl groups excluding tert-OH is 2. The van der Waals surface area contributed by atoms with Gasteiger partial charge in [0.2, 0.25) is 0 Å². The van der Waals surface area contributed by atoms with Gasteiger partial charge in [0.15, 0.2) is 0 Å². The molecule has 80 valence electrons. The molecule has 1 aromatic heterocycles. The Balaban J connectivity index is 2.79. The number of hydrogen-bond acceptors (Lipinski definition) is 5. The van der Waals surface area contributed by atoms with Crippen LogP contribution in [0.1, 0.15) is 11.7 Å². The Kier molecular flexibility index (Phi) is 3.87. The number of rotatable bonds is 4. The molecule has 2 atom stereocenters. The first kappa shape index (κ1) is 11.3. The van der Waals surface area contributed by atoms with E-state index in [1.807, 2.05) is 0 Å². The van der Waals surface area contributed by atoms with Crippen molar-refractivity contribution in [3.8, 4) is 0 Å². The smallest absolute Gasteiger partial charge is 0.107 e. The third-order valence-corrected chi connectivity index (χ3v) is 1.90. The Morgan fingerprint density at radius 2 is 2.33 bits per heavy atom. The molecule has 7 nitrogen and oxygen atoms in total. The molecular formula is C8H11N5O2. The van der Waals surface area contributed by atoms with Crippen LogP contribution >= 0.6 is 0 Å². The lowest BCUT2D eigenvalue weighted by Gasteiger charge is -2.17. The van der Waals surface area contributed by atoms with Crippen LogP contribution in [0.2, 0.25) is 0 Å². The molecule has 4 N–H and O–H groups in total. The monoisotopic (exact) mass is 209 g/mol. The van der Waals surface area contributed by atoms with Crippen molar-refractivity contribution in [3.05, 3.63) is 34.5 Å². The highest BCUT2D eigenvalue weighted by atomic mass is 16.3. The zero-order valence-corrected chi connectivity index (χ0v) is 7.85. The molecule has 1 rings (SSSR count). The fourth-order valence-corrected chi connectivity index (χ4v) is 1.11. The summed E-state index contributed by atoms with van der Waals surface area (Å²) in [6.45, 7) is -0.209. The van der Waals surface area contributed by atoms with E-state index < -0.39 is 12.2 Å². The Morgan fingerprint density at radius 1 is 1.60 bits per heavy atom. The maximum Gasteiger partial charge on any atom is 0.107 e. The van der Waals surface area contributed by atoms with Crippen LogP contribution in [0.15, 0.2) is 23.6 Å². The summed E-state index contributed by atoms with van der Waals surface area (Å²) in [6, 6.07) is 1.50. The summed E-state index contributed by atoms with van der Waals surface area (Å²) in [6.07, 6.45) is 0.470. The predicted octanol–water partition coefficient (Wildman–Crippen LogP) is 0.368. The van der Waals surface area contributed by atoms with Crippen molar-refractivity contribution < 1.29 is 10.2 Å². The summed E-state index contributed by atoms with van der Waals surface area (Å²) in [5.41, 5.74) is 14.3. The van der Waals surface area contributed by atoms with Gasteiger partial charge in [0.25, 0.3) is 0 Å². The molecule has 0 saturated heterocycles. The van der Waals surface area contributed by atoms with Crippen LogP contribution in [-0.4, -0.2) is 27.8 Å². The molecule has 0 aliphatic rings. The van der Waals surface area contributed by atoms with Crippen molar-refractivity contribution in [3.63, 3.8) is 0 Å². The normalized spacial score (nSPS) is 14.0. The number of nitrogen functional groups attached to an aromatic ring is 1. The molecule has 7 heteroatoms. The van der Waals surface area contributed by atoms with E-state index in [4.69, 9.17) is 11.3 Å². The standard InChI is InChI=1S/C8H11N5O2/c9-6-3-11-2-1-5(6)8(15)7(14)4-12-13-10/h1-3,7-8,14-15H,4,9H2. The Bertz CT molecular complexity index is 377. The van der Waals surface area contributed by atoms with Gasteiger partial charge in [0.05, 0.1) is 24.5 Å². The highest BCUT2D eigenvalue weighted by Crippen LogP contribution is 2.21. The summed E-state index contributed by atoms with van der Waals surface area (Å²) < 4.78 is 0. The lowest BCUT2D eigenvalue weighted by molar-refractivity contribution is 0.0248. The van der Waals surface area contributed by atoms with Gasteiger partial charge in [-0.15, -0.1) is 0 Å². The molecular weight excluding hydrogens is 198 g/mol. The molecule has 1 heterocycles. The third-order valence-electron chi connectivity index (χ3n) is 1.90. The quantitative estimate of drug-likeness (QED) is 0.375. The molecule has 2 unspecified atom stereocenters. The Morgan fingerprint density at radius 3 is 2.93 bits per heavy atom. The van der Waals surface area contributed by atoms with Crippen molar-refractivity contribution in [1.82, 2.24) is 4.98 Å². The van der Waals surface area contributed by atoms with Crippen LogP contribution in [0.4, 0.5) is 5.69 Å². The maximum absolute atomic E-state index is 9.66. The number of anilines is 1. The van der Waals surface area contributed by atoms with Crippen molar-refractivity contribution >= 4 is 5.69 Å². The minimum atomic E-state index is -1.18. The molecule has 0 aliphatic carbocycles. The zero-order chi connectivity index (χ0) is 11.3. The van der Waals surface area contributed by atoms with Crippen LogP contribution in [0.3, 0.4) is 0 Å². The summed E-state index contributed by atoms with van der Waals surface area (Å²) in [7, 11) is 0. The van der Waals surface area contributed by atoms with Crippen molar-refractivity contribution in [2.75, 3.05) is 12.3 Å². The van der Waals surface area contributed by atoms with E-state index in [2.05, 4.69) is 15.0 Å². The van der Waals surface area contributed by atoms with Crippen molar-refractivity contribution in [2.45, 2.75) is 12.2 Å². The van der Waals surface area contributed by atoms with E-state index in [0.29, 0.717) is 5.56 Å². The van der Waals surface area contributed by atoms with E-state index in [0.717, 1.165) is 0 Å². The summed E-state index contributed by atoms with van der Waals surface area (Å²) in [5, 5.41) is 22.3. The molecule has 1 aromatic rings. The van der Waals surface area contributed by atoms with Crippen LogP contribution in [-0.2, 0) is 0 Å². The SMILES string of the molecule is [N-]=[N+]=NCC(O)C(O)c1ccncc1N. The lowest BCUT2D eigenvalue weighted by Crippen LogP contribution is -2.22. The number of nitrogens with two attached hydrogens (primary N) is 1.